The Kier molecular flexibility index (Phi) is 6.10. The molecule has 0 saturated carbocycles. The van der Waals surface area contributed by atoms with Crippen LogP contribution in [0.15, 0.2) is 24.3 Å². The van der Waals surface area contributed by atoms with Crippen LogP contribution in [0, 0.1) is 0 Å². The zero-order valence-electron chi connectivity index (χ0n) is 10.1. The number of methoxy groups -OCH3 is 1. The molecular weight excluding hydrogens is 218 g/mol. The summed E-state index contributed by atoms with van der Waals surface area (Å²) >= 11 is 0. The van der Waals surface area contributed by atoms with Crippen LogP contribution in [-0.2, 0) is 0 Å². The SMILES string of the molecule is COc1ccccc1C(=O)NCCCCCO. The maximum atomic E-state index is 11.8. The second-order valence-corrected chi connectivity index (χ2v) is 3.74. The van der Waals surface area contributed by atoms with Crippen molar-refractivity contribution in [2.75, 3.05) is 20.3 Å². The Morgan fingerprint density at radius 2 is 2.06 bits per heavy atom. The van der Waals surface area contributed by atoms with Gasteiger partial charge in [0.1, 0.15) is 5.75 Å². The number of ether oxygens (including phenoxy) is 1. The Morgan fingerprint density at radius 1 is 1.29 bits per heavy atom. The van der Waals surface area contributed by atoms with E-state index in [4.69, 9.17) is 9.84 Å². The fourth-order valence-electron chi connectivity index (χ4n) is 1.54. The highest BCUT2D eigenvalue weighted by Gasteiger charge is 2.09. The lowest BCUT2D eigenvalue weighted by Crippen LogP contribution is -2.24. The summed E-state index contributed by atoms with van der Waals surface area (Å²) in [4.78, 5) is 11.8. The summed E-state index contributed by atoms with van der Waals surface area (Å²) < 4.78 is 5.12. The Morgan fingerprint density at radius 3 is 2.76 bits per heavy atom. The number of amides is 1. The van der Waals surface area contributed by atoms with Crippen LogP contribution in [-0.4, -0.2) is 31.3 Å². The number of aliphatic hydroxyl groups is 1. The Labute approximate surface area is 102 Å². The van der Waals surface area contributed by atoms with Gasteiger partial charge in [0.25, 0.3) is 5.91 Å². The highest BCUT2D eigenvalue weighted by molar-refractivity contribution is 5.96. The normalized spacial score (nSPS) is 10.0. The Bertz CT molecular complexity index is 352. The van der Waals surface area contributed by atoms with E-state index in [-0.39, 0.29) is 12.5 Å². The smallest absolute Gasteiger partial charge is 0.255 e. The average Bonchev–Trinajstić information content (AvgIpc) is 2.38. The van der Waals surface area contributed by atoms with Crippen molar-refractivity contribution >= 4 is 5.91 Å². The Hall–Kier alpha value is -1.55. The van der Waals surface area contributed by atoms with Gasteiger partial charge in [0.15, 0.2) is 0 Å². The number of para-hydroxylation sites is 1. The molecule has 0 aliphatic carbocycles. The van der Waals surface area contributed by atoms with Gasteiger partial charge in [0.05, 0.1) is 12.7 Å². The summed E-state index contributed by atoms with van der Waals surface area (Å²) in [7, 11) is 1.55. The topological polar surface area (TPSA) is 58.6 Å². The third-order valence-electron chi connectivity index (χ3n) is 2.47. The number of carbonyl (C=O) groups excluding carboxylic acids is 1. The molecule has 4 heteroatoms. The lowest BCUT2D eigenvalue weighted by atomic mass is 10.2. The third kappa shape index (κ3) is 4.44. The minimum absolute atomic E-state index is 0.119. The van der Waals surface area contributed by atoms with Crippen LogP contribution in [0.25, 0.3) is 0 Å². The molecule has 0 spiro atoms. The number of rotatable bonds is 7. The van der Waals surface area contributed by atoms with Gasteiger partial charge in [0.2, 0.25) is 0 Å². The molecule has 0 heterocycles. The van der Waals surface area contributed by atoms with Gasteiger partial charge in [-0.15, -0.1) is 0 Å². The molecule has 0 aromatic heterocycles. The van der Waals surface area contributed by atoms with Crippen molar-refractivity contribution < 1.29 is 14.6 Å². The molecule has 0 bridgehead atoms. The van der Waals surface area contributed by atoms with Crippen molar-refractivity contribution in [3.8, 4) is 5.75 Å². The number of hydrogen-bond donors (Lipinski definition) is 2. The maximum Gasteiger partial charge on any atom is 0.255 e. The van der Waals surface area contributed by atoms with Crippen LogP contribution in [0.5, 0.6) is 5.75 Å². The average molecular weight is 237 g/mol. The molecule has 0 aliphatic heterocycles. The molecule has 4 nitrogen and oxygen atoms in total. The molecule has 94 valence electrons. The van der Waals surface area contributed by atoms with Gasteiger partial charge >= 0.3 is 0 Å². The van der Waals surface area contributed by atoms with Crippen molar-refractivity contribution in [1.82, 2.24) is 5.32 Å². The van der Waals surface area contributed by atoms with E-state index in [0.717, 1.165) is 19.3 Å². The van der Waals surface area contributed by atoms with Crippen molar-refractivity contribution in [2.24, 2.45) is 0 Å². The number of nitrogens with one attached hydrogen (secondary N) is 1. The monoisotopic (exact) mass is 237 g/mol. The van der Waals surface area contributed by atoms with Crippen LogP contribution in [0.1, 0.15) is 29.6 Å². The standard InChI is InChI=1S/C13H19NO3/c1-17-12-8-4-3-7-11(12)13(16)14-9-5-2-6-10-15/h3-4,7-8,15H,2,5-6,9-10H2,1H3,(H,14,16). The molecule has 1 rings (SSSR count). The number of carbonyl (C=O) groups is 1. The first-order valence-electron chi connectivity index (χ1n) is 5.81. The first-order chi connectivity index (χ1) is 8.29. The van der Waals surface area contributed by atoms with Crippen molar-refractivity contribution in [1.29, 1.82) is 0 Å². The molecule has 1 amide bonds. The van der Waals surface area contributed by atoms with Crippen molar-refractivity contribution in [3.63, 3.8) is 0 Å². The van der Waals surface area contributed by atoms with Crippen LogP contribution in [0.4, 0.5) is 0 Å². The van der Waals surface area contributed by atoms with E-state index in [1.54, 1.807) is 19.2 Å². The van der Waals surface area contributed by atoms with E-state index in [1.165, 1.54) is 0 Å². The molecule has 0 aliphatic rings. The summed E-state index contributed by atoms with van der Waals surface area (Å²) in [5, 5.41) is 11.4. The first kappa shape index (κ1) is 13.5. The lowest BCUT2D eigenvalue weighted by Gasteiger charge is -2.08. The number of benzene rings is 1. The second-order valence-electron chi connectivity index (χ2n) is 3.74. The lowest BCUT2D eigenvalue weighted by molar-refractivity contribution is 0.0950. The molecule has 1 aromatic rings. The fourth-order valence-corrected chi connectivity index (χ4v) is 1.54. The molecule has 17 heavy (non-hydrogen) atoms. The predicted molar refractivity (Wildman–Crippen MR) is 66.3 cm³/mol. The van der Waals surface area contributed by atoms with Gasteiger partial charge in [0, 0.05) is 13.2 Å². The molecule has 0 radical (unpaired) electrons. The number of unbranched alkanes of at least 4 members (excludes halogenated alkanes) is 2. The van der Waals surface area contributed by atoms with E-state index < -0.39 is 0 Å². The summed E-state index contributed by atoms with van der Waals surface area (Å²) in [6.45, 7) is 0.831. The van der Waals surface area contributed by atoms with Crippen molar-refractivity contribution in [3.05, 3.63) is 29.8 Å². The second kappa shape index (κ2) is 7.68. The minimum atomic E-state index is -0.119. The quantitative estimate of drug-likeness (QED) is 0.708. The number of hydrogen-bond acceptors (Lipinski definition) is 3. The van der Waals surface area contributed by atoms with Gasteiger partial charge in [-0.25, -0.2) is 0 Å². The highest BCUT2D eigenvalue weighted by Crippen LogP contribution is 2.16. The summed E-state index contributed by atoms with van der Waals surface area (Å²) in [5.74, 6) is 0.465. The van der Waals surface area contributed by atoms with E-state index in [2.05, 4.69) is 5.32 Å². The zero-order chi connectivity index (χ0) is 12.5. The molecule has 0 saturated heterocycles. The largest absolute Gasteiger partial charge is 0.496 e. The van der Waals surface area contributed by atoms with Crippen LogP contribution in [0.3, 0.4) is 0 Å². The first-order valence-corrected chi connectivity index (χ1v) is 5.81. The molecule has 1 aromatic carbocycles. The molecular formula is C13H19NO3. The summed E-state index contributed by atoms with van der Waals surface area (Å²) in [6.07, 6.45) is 2.58. The fraction of sp³-hybridized carbons (Fsp3) is 0.462. The molecule has 0 atom stereocenters. The maximum absolute atomic E-state index is 11.8. The van der Waals surface area contributed by atoms with Gasteiger partial charge in [-0.1, -0.05) is 12.1 Å². The van der Waals surface area contributed by atoms with Gasteiger partial charge in [-0.2, -0.15) is 0 Å². The predicted octanol–water partition coefficient (Wildman–Crippen LogP) is 1.59. The van der Waals surface area contributed by atoms with E-state index in [0.29, 0.717) is 17.9 Å². The van der Waals surface area contributed by atoms with Gasteiger partial charge in [-0.05, 0) is 31.4 Å². The van der Waals surface area contributed by atoms with Crippen molar-refractivity contribution in [2.45, 2.75) is 19.3 Å². The van der Waals surface area contributed by atoms with Crippen LogP contribution >= 0.6 is 0 Å². The van der Waals surface area contributed by atoms with E-state index in [9.17, 15) is 4.79 Å². The summed E-state index contributed by atoms with van der Waals surface area (Å²) in [5.41, 5.74) is 0.553. The van der Waals surface area contributed by atoms with Gasteiger partial charge < -0.3 is 15.2 Å². The van der Waals surface area contributed by atoms with Gasteiger partial charge in [-0.3, -0.25) is 4.79 Å². The van der Waals surface area contributed by atoms with E-state index >= 15 is 0 Å². The molecule has 0 fully saturated rings. The Balaban J connectivity index is 2.41. The highest BCUT2D eigenvalue weighted by atomic mass is 16.5. The van der Waals surface area contributed by atoms with E-state index in [1.807, 2.05) is 12.1 Å². The number of aliphatic hydroxyl groups excluding tert-OH is 1. The third-order valence-corrected chi connectivity index (χ3v) is 2.47. The van der Waals surface area contributed by atoms with Crippen LogP contribution < -0.4 is 10.1 Å². The minimum Gasteiger partial charge on any atom is -0.496 e. The molecule has 2 N–H and O–H groups in total. The zero-order valence-corrected chi connectivity index (χ0v) is 10.1. The van der Waals surface area contributed by atoms with Crippen LogP contribution in [0.2, 0.25) is 0 Å². The molecule has 0 unspecified atom stereocenters. The summed E-state index contributed by atoms with van der Waals surface area (Å²) in [6, 6.07) is 7.14.